The van der Waals surface area contributed by atoms with E-state index in [1.807, 2.05) is 0 Å². The van der Waals surface area contributed by atoms with Crippen molar-refractivity contribution in [2.24, 2.45) is 9.98 Å². The van der Waals surface area contributed by atoms with E-state index in [4.69, 9.17) is 14.9 Å². The molecule has 220 valence electrons. The number of aliphatic carboxylic acids is 1. The average molecular weight is 588 g/mol. The summed E-state index contributed by atoms with van der Waals surface area (Å²) in [6.45, 7) is 3.73. The van der Waals surface area contributed by atoms with Crippen molar-refractivity contribution >= 4 is 34.2 Å². The molecule has 0 atom stereocenters. The smallest absolute Gasteiger partial charge is 0.475 e. The number of nitrogens with zero attached hydrogens (tertiary/aromatic N) is 4. The van der Waals surface area contributed by atoms with Crippen molar-refractivity contribution in [3.05, 3.63) is 84.2 Å². The van der Waals surface area contributed by atoms with Gasteiger partial charge in [-0.05, 0) is 42.7 Å². The number of rotatable bonds is 4. The van der Waals surface area contributed by atoms with Crippen LogP contribution in [-0.4, -0.2) is 69.5 Å². The fraction of sp³-hybridized carbons (Fsp3) is 0.226. The number of carboxylic acids is 1. The van der Waals surface area contributed by atoms with Crippen LogP contribution in [0.2, 0.25) is 0 Å². The van der Waals surface area contributed by atoms with Crippen LogP contribution in [0, 0.1) is 0 Å². The van der Waals surface area contributed by atoms with Gasteiger partial charge in [-0.2, -0.15) is 13.2 Å². The van der Waals surface area contributed by atoms with Gasteiger partial charge in [0, 0.05) is 71.9 Å². The summed E-state index contributed by atoms with van der Waals surface area (Å²) >= 11 is 0. The number of amidine groups is 2. The lowest BCUT2D eigenvalue weighted by atomic mass is 10.1. The lowest BCUT2D eigenvalue weighted by molar-refractivity contribution is -0.192. The fourth-order valence-electron chi connectivity index (χ4n) is 4.97. The van der Waals surface area contributed by atoms with E-state index in [2.05, 4.69) is 103 Å². The molecule has 5 heterocycles. The number of aliphatic imine (C=N–C) groups is 2. The predicted octanol–water partition coefficient (Wildman–Crippen LogP) is 5.26. The molecular formula is C31H28F3N7O2. The lowest BCUT2D eigenvalue weighted by Crippen LogP contribution is -2.30. The average Bonchev–Trinajstić information content (AvgIpc) is 3.66. The maximum absolute atomic E-state index is 10.6. The largest absolute Gasteiger partial charge is 0.490 e. The third kappa shape index (κ3) is 6.22. The third-order valence-electron chi connectivity index (χ3n) is 7.15. The number of hydrogen-bond acceptors (Lipinski definition) is 6. The summed E-state index contributed by atoms with van der Waals surface area (Å²) in [6.07, 6.45) is 1.29. The minimum absolute atomic E-state index is 0.881. The van der Waals surface area contributed by atoms with Crippen molar-refractivity contribution in [3.63, 3.8) is 0 Å². The first-order valence-electron chi connectivity index (χ1n) is 13.8. The Morgan fingerprint density at radius 3 is 2.02 bits per heavy atom. The molecule has 2 aliphatic heterocycles. The molecule has 0 bridgehead atoms. The second-order valence-corrected chi connectivity index (χ2v) is 10.2. The first-order valence-corrected chi connectivity index (χ1v) is 13.8. The van der Waals surface area contributed by atoms with Crippen LogP contribution in [0.1, 0.15) is 24.0 Å². The molecule has 4 N–H and O–H groups in total. The van der Waals surface area contributed by atoms with Gasteiger partial charge in [0.25, 0.3) is 0 Å². The number of H-pyrrole nitrogens is 1. The summed E-state index contributed by atoms with van der Waals surface area (Å²) in [6, 6.07) is 21.4. The first-order chi connectivity index (χ1) is 20.7. The van der Waals surface area contributed by atoms with E-state index in [9.17, 15) is 13.2 Å². The van der Waals surface area contributed by atoms with Crippen LogP contribution in [0.25, 0.3) is 39.1 Å². The monoisotopic (exact) mass is 587 g/mol. The van der Waals surface area contributed by atoms with Crippen molar-refractivity contribution in [1.29, 1.82) is 0 Å². The van der Waals surface area contributed by atoms with Gasteiger partial charge in [0.15, 0.2) is 0 Å². The maximum Gasteiger partial charge on any atom is 0.490 e. The first kappa shape index (κ1) is 28.0. The summed E-state index contributed by atoms with van der Waals surface area (Å²) in [5.41, 5.74) is 8.58. The summed E-state index contributed by atoms with van der Waals surface area (Å²) < 4.78 is 33.8. The summed E-state index contributed by atoms with van der Waals surface area (Å²) in [4.78, 5) is 26.6. The Balaban J connectivity index is 0.000000423. The van der Waals surface area contributed by atoms with Crippen molar-refractivity contribution in [1.82, 2.24) is 25.0 Å². The number of hydrogen-bond donors (Lipinski definition) is 4. The van der Waals surface area contributed by atoms with E-state index in [1.54, 1.807) is 0 Å². The number of alkyl halides is 3. The molecular weight excluding hydrogens is 559 g/mol. The molecule has 12 heteroatoms. The zero-order valence-corrected chi connectivity index (χ0v) is 22.9. The minimum atomic E-state index is -5.08. The number of pyridine rings is 1. The molecule has 0 aliphatic carbocycles. The van der Waals surface area contributed by atoms with Crippen LogP contribution in [0.4, 0.5) is 13.2 Å². The number of aromatic nitrogens is 3. The van der Waals surface area contributed by atoms with Crippen molar-refractivity contribution < 1.29 is 23.1 Å². The highest BCUT2D eigenvalue weighted by Gasteiger charge is 2.38. The van der Waals surface area contributed by atoms with Gasteiger partial charge >= 0.3 is 12.1 Å². The van der Waals surface area contributed by atoms with E-state index in [0.29, 0.717) is 0 Å². The Labute approximate surface area is 244 Å². The maximum atomic E-state index is 10.6. The van der Waals surface area contributed by atoms with Crippen molar-refractivity contribution in [2.75, 3.05) is 26.2 Å². The summed E-state index contributed by atoms with van der Waals surface area (Å²) in [5, 5.41) is 15.1. The highest BCUT2D eigenvalue weighted by Crippen LogP contribution is 2.28. The molecule has 2 aromatic carbocycles. The Morgan fingerprint density at radius 2 is 1.40 bits per heavy atom. The number of carboxylic acid groups (broad SMARTS) is 1. The molecule has 7 rings (SSSR count). The van der Waals surface area contributed by atoms with Crippen LogP contribution >= 0.6 is 0 Å². The predicted molar refractivity (Wildman–Crippen MR) is 160 cm³/mol. The molecule has 0 spiro atoms. The second-order valence-electron chi connectivity index (χ2n) is 10.2. The Hall–Kier alpha value is -5.13. The van der Waals surface area contributed by atoms with E-state index in [-0.39, 0.29) is 0 Å². The number of fused-ring (bicyclic) bond motifs is 2. The molecule has 3 aromatic heterocycles. The SMILES string of the molecule is O=C(O)C(F)(F)F.c1cc2cc(-c3ccc(-c4cn5cc(C6=NCCCN6)ccc5n4)cc3)[nH]c2cc1C1=NCCCN1. The zero-order chi connectivity index (χ0) is 30.0. The van der Waals surface area contributed by atoms with Gasteiger partial charge in [-0.1, -0.05) is 36.4 Å². The molecule has 2 aliphatic rings. The summed E-state index contributed by atoms with van der Waals surface area (Å²) in [5.74, 6) is -0.796. The molecule has 0 saturated heterocycles. The van der Waals surface area contributed by atoms with Crippen LogP contribution in [0.5, 0.6) is 0 Å². The van der Waals surface area contributed by atoms with E-state index < -0.39 is 12.1 Å². The van der Waals surface area contributed by atoms with Gasteiger partial charge < -0.3 is 25.1 Å². The van der Waals surface area contributed by atoms with E-state index in [1.165, 1.54) is 5.39 Å². The lowest BCUT2D eigenvalue weighted by Gasteiger charge is -2.14. The topological polar surface area (TPSA) is 119 Å². The fourth-order valence-corrected chi connectivity index (χ4v) is 4.97. The van der Waals surface area contributed by atoms with Gasteiger partial charge in [-0.15, -0.1) is 0 Å². The number of halogens is 3. The van der Waals surface area contributed by atoms with E-state index in [0.717, 1.165) is 95.5 Å². The van der Waals surface area contributed by atoms with Crippen LogP contribution in [0.3, 0.4) is 0 Å². The van der Waals surface area contributed by atoms with Crippen LogP contribution in [-0.2, 0) is 4.79 Å². The van der Waals surface area contributed by atoms with Gasteiger partial charge in [0.2, 0.25) is 0 Å². The number of aromatic amines is 1. The highest BCUT2D eigenvalue weighted by atomic mass is 19.4. The molecule has 9 nitrogen and oxygen atoms in total. The number of nitrogens with one attached hydrogen (secondary N) is 3. The van der Waals surface area contributed by atoms with Crippen molar-refractivity contribution in [2.45, 2.75) is 19.0 Å². The highest BCUT2D eigenvalue weighted by molar-refractivity contribution is 6.02. The number of imidazole rings is 1. The van der Waals surface area contributed by atoms with Crippen LogP contribution in [0.15, 0.2) is 83.0 Å². The number of benzene rings is 2. The van der Waals surface area contributed by atoms with Crippen LogP contribution < -0.4 is 10.6 Å². The summed E-state index contributed by atoms with van der Waals surface area (Å²) in [7, 11) is 0. The minimum Gasteiger partial charge on any atom is -0.475 e. The van der Waals surface area contributed by atoms with E-state index >= 15 is 0 Å². The Bertz CT molecular complexity index is 1730. The molecule has 43 heavy (non-hydrogen) atoms. The van der Waals surface area contributed by atoms with Gasteiger partial charge in [0.1, 0.15) is 17.3 Å². The van der Waals surface area contributed by atoms with Gasteiger partial charge in [0.05, 0.1) is 5.69 Å². The van der Waals surface area contributed by atoms with Gasteiger partial charge in [-0.25, -0.2) is 9.78 Å². The molecule has 0 fully saturated rings. The molecule has 0 amide bonds. The molecule has 0 radical (unpaired) electrons. The second kappa shape index (κ2) is 11.6. The standard InChI is InChI=1S/C29H27N7.C2HF3O2/c1-11-30-28(31-12-1)22-8-7-21-15-24(34-25(21)16-22)19-3-5-20(6-4-19)26-18-36-17-23(9-10-27(36)35-26)29-32-13-2-14-33-29;3-2(4,5)1(6)7/h3-10,15-18,34H,1-2,11-14H2,(H,30,31)(H,32,33);(H,6,7). The third-order valence-corrected chi connectivity index (χ3v) is 7.15. The van der Waals surface area contributed by atoms with Gasteiger partial charge in [-0.3, -0.25) is 9.98 Å². The molecule has 0 unspecified atom stereocenters. The molecule has 5 aromatic rings. The quantitative estimate of drug-likeness (QED) is 0.229. The normalized spacial score (nSPS) is 15.1. The Kier molecular flexibility index (Phi) is 7.58. The molecule has 0 saturated carbocycles. The van der Waals surface area contributed by atoms with Crippen molar-refractivity contribution in [3.8, 4) is 22.5 Å². The number of carbonyl (C=O) groups is 1. The Morgan fingerprint density at radius 1 is 0.791 bits per heavy atom. The zero-order valence-electron chi connectivity index (χ0n) is 22.9.